The minimum absolute atomic E-state index is 0.122. The first-order chi connectivity index (χ1) is 7.26. The van der Waals surface area contributed by atoms with Crippen LogP contribution in [0.25, 0.3) is 0 Å². The Labute approximate surface area is 93.5 Å². The molecule has 0 spiro atoms. The summed E-state index contributed by atoms with van der Waals surface area (Å²) in [6, 6.07) is 4.64. The van der Waals surface area contributed by atoms with Gasteiger partial charge in [0.1, 0.15) is 5.82 Å². The van der Waals surface area contributed by atoms with Gasteiger partial charge in [-0.1, -0.05) is 0 Å². The number of halogens is 1. The van der Waals surface area contributed by atoms with Crippen molar-refractivity contribution >= 4 is 11.8 Å². The summed E-state index contributed by atoms with van der Waals surface area (Å²) in [4.78, 5) is 0.857. The second kappa shape index (κ2) is 6.82. The third-order valence-corrected chi connectivity index (χ3v) is 2.94. The quantitative estimate of drug-likeness (QED) is 0.601. The van der Waals surface area contributed by atoms with Crippen LogP contribution in [0.1, 0.15) is 12.0 Å². The van der Waals surface area contributed by atoms with Gasteiger partial charge in [0.15, 0.2) is 0 Å². The lowest BCUT2D eigenvalue weighted by Gasteiger charge is -2.04. The molecular formula is C11H15FO2S. The molecule has 1 aromatic carbocycles. The molecule has 1 N–H and O–H groups in total. The van der Waals surface area contributed by atoms with E-state index in [-0.39, 0.29) is 12.4 Å². The van der Waals surface area contributed by atoms with Gasteiger partial charge in [0.05, 0.1) is 6.61 Å². The van der Waals surface area contributed by atoms with Crippen LogP contribution in [0.5, 0.6) is 0 Å². The van der Waals surface area contributed by atoms with Gasteiger partial charge in [-0.2, -0.15) is 0 Å². The topological polar surface area (TPSA) is 29.5 Å². The summed E-state index contributed by atoms with van der Waals surface area (Å²) in [6.07, 6.45) is 0.937. The van der Waals surface area contributed by atoms with E-state index in [1.165, 1.54) is 12.1 Å². The van der Waals surface area contributed by atoms with E-state index in [0.717, 1.165) is 23.7 Å². The Hall–Kier alpha value is -0.580. The SMILES string of the molecule is COCCCSc1cc(F)cc(CO)c1. The van der Waals surface area contributed by atoms with Crippen LogP contribution in [0, 0.1) is 5.82 Å². The van der Waals surface area contributed by atoms with Crippen LogP contribution in [0.2, 0.25) is 0 Å². The lowest BCUT2D eigenvalue weighted by atomic mass is 10.2. The van der Waals surface area contributed by atoms with Crippen LogP contribution >= 0.6 is 11.8 Å². The van der Waals surface area contributed by atoms with Crippen LogP contribution in [-0.2, 0) is 11.3 Å². The first-order valence-electron chi connectivity index (χ1n) is 4.78. The molecule has 0 aliphatic heterocycles. The number of benzene rings is 1. The largest absolute Gasteiger partial charge is 0.392 e. The molecule has 0 heterocycles. The summed E-state index contributed by atoms with van der Waals surface area (Å²) in [5.41, 5.74) is 0.615. The normalized spacial score (nSPS) is 10.6. The van der Waals surface area contributed by atoms with Crippen LogP contribution in [0.15, 0.2) is 23.1 Å². The van der Waals surface area contributed by atoms with E-state index in [1.807, 2.05) is 0 Å². The monoisotopic (exact) mass is 230 g/mol. The summed E-state index contributed by atoms with van der Waals surface area (Å²) < 4.78 is 18.0. The smallest absolute Gasteiger partial charge is 0.124 e. The van der Waals surface area contributed by atoms with Crippen LogP contribution in [-0.4, -0.2) is 24.6 Å². The molecule has 0 bridgehead atoms. The third-order valence-electron chi connectivity index (χ3n) is 1.88. The van der Waals surface area contributed by atoms with Crippen molar-refractivity contribution in [2.24, 2.45) is 0 Å². The maximum atomic E-state index is 13.0. The van der Waals surface area contributed by atoms with Gasteiger partial charge in [-0.25, -0.2) is 4.39 Å². The second-order valence-electron chi connectivity index (χ2n) is 3.15. The molecule has 0 atom stereocenters. The Bertz CT molecular complexity index is 305. The standard InChI is InChI=1S/C11H15FO2S/c1-14-3-2-4-15-11-6-9(8-13)5-10(12)7-11/h5-7,13H,2-4,8H2,1H3. The summed E-state index contributed by atoms with van der Waals surface area (Å²) in [5.74, 6) is 0.595. The molecule has 0 radical (unpaired) electrons. The summed E-state index contributed by atoms with van der Waals surface area (Å²) >= 11 is 1.57. The van der Waals surface area contributed by atoms with E-state index in [2.05, 4.69) is 0 Å². The van der Waals surface area contributed by atoms with Gasteiger partial charge in [-0.05, 0) is 30.2 Å². The highest BCUT2D eigenvalue weighted by Crippen LogP contribution is 2.21. The van der Waals surface area contributed by atoms with Gasteiger partial charge in [-0.15, -0.1) is 11.8 Å². The summed E-state index contributed by atoms with van der Waals surface area (Å²) in [5, 5.41) is 8.90. The molecule has 0 amide bonds. The van der Waals surface area contributed by atoms with Gasteiger partial charge in [-0.3, -0.25) is 0 Å². The molecule has 0 aliphatic carbocycles. The van der Waals surface area contributed by atoms with Crippen molar-refractivity contribution in [2.45, 2.75) is 17.9 Å². The molecular weight excluding hydrogens is 215 g/mol. The minimum atomic E-state index is -0.296. The summed E-state index contributed by atoms with van der Waals surface area (Å²) in [6.45, 7) is 0.596. The van der Waals surface area contributed by atoms with Crippen molar-refractivity contribution in [1.29, 1.82) is 0 Å². The lowest BCUT2D eigenvalue weighted by molar-refractivity contribution is 0.200. The highest BCUT2D eigenvalue weighted by molar-refractivity contribution is 7.99. The summed E-state index contributed by atoms with van der Waals surface area (Å²) in [7, 11) is 1.66. The van der Waals surface area contributed by atoms with Crippen molar-refractivity contribution in [3.8, 4) is 0 Å². The molecule has 2 nitrogen and oxygen atoms in total. The Morgan fingerprint density at radius 2 is 2.20 bits per heavy atom. The molecule has 84 valence electrons. The average molecular weight is 230 g/mol. The molecule has 0 aromatic heterocycles. The molecule has 0 saturated carbocycles. The van der Waals surface area contributed by atoms with Gasteiger partial charge < -0.3 is 9.84 Å². The first-order valence-corrected chi connectivity index (χ1v) is 5.77. The van der Waals surface area contributed by atoms with Crippen LogP contribution < -0.4 is 0 Å². The Kier molecular flexibility index (Phi) is 5.68. The number of rotatable bonds is 6. The maximum Gasteiger partial charge on any atom is 0.124 e. The third kappa shape index (κ3) is 4.64. The second-order valence-corrected chi connectivity index (χ2v) is 4.32. The number of methoxy groups -OCH3 is 1. The van der Waals surface area contributed by atoms with Gasteiger partial charge >= 0.3 is 0 Å². The molecule has 0 unspecified atom stereocenters. The number of thioether (sulfide) groups is 1. The van der Waals surface area contributed by atoms with Crippen LogP contribution in [0.3, 0.4) is 0 Å². The fraction of sp³-hybridized carbons (Fsp3) is 0.455. The Morgan fingerprint density at radius 3 is 2.87 bits per heavy atom. The van der Waals surface area contributed by atoms with Crippen molar-refractivity contribution < 1.29 is 14.2 Å². The Balaban J connectivity index is 2.49. The zero-order chi connectivity index (χ0) is 11.1. The van der Waals surface area contributed by atoms with Crippen molar-refractivity contribution in [3.63, 3.8) is 0 Å². The molecule has 1 aromatic rings. The molecule has 0 saturated heterocycles. The van der Waals surface area contributed by atoms with Gasteiger partial charge in [0.2, 0.25) is 0 Å². The number of ether oxygens (including phenoxy) is 1. The van der Waals surface area contributed by atoms with E-state index >= 15 is 0 Å². The van der Waals surface area contributed by atoms with Crippen molar-refractivity contribution in [1.82, 2.24) is 0 Å². The maximum absolute atomic E-state index is 13.0. The Morgan fingerprint density at radius 1 is 1.40 bits per heavy atom. The fourth-order valence-electron chi connectivity index (χ4n) is 1.19. The number of hydrogen-bond acceptors (Lipinski definition) is 3. The van der Waals surface area contributed by atoms with E-state index in [1.54, 1.807) is 24.9 Å². The van der Waals surface area contributed by atoms with E-state index in [9.17, 15) is 4.39 Å². The molecule has 0 fully saturated rings. The van der Waals surface area contributed by atoms with E-state index in [0.29, 0.717) is 5.56 Å². The molecule has 1 rings (SSSR count). The fourth-order valence-corrected chi connectivity index (χ4v) is 2.12. The van der Waals surface area contributed by atoms with Crippen molar-refractivity contribution in [3.05, 3.63) is 29.6 Å². The average Bonchev–Trinajstić information content (AvgIpc) is 2.23. The molecule has 4 heteroatoms. The van der Waals surface area contributed by atoms with Crippen LogP contribution in [0.4, 0.5) is 4.39 Å². The highest BCUT2D eigenvalue weighted by atomic mass is 32.2. The number of aliphatic hydroxyl groups excluding tert-OH is 1. The predicted octanol–water partition coefficient (Wildman–Crippen LogP) is 2.45. The predicted molar refractivity (Wildman–Crippen MR) is 59.5 cm³/mol. The number of aliphatic hydroxyl groups is 1. The van der Waals surface area contributed by atoms with Gasteiger partial charge in [0, 0.05) is 24.4 Å². The molecule has 0 aliphatic rings. The zero-order valence-corrected chi connectivity index (χ0v) is 9.52. The van der Waals surface area contributed by atoms with E-state index < -0.39 is 0 Å². The first kappa shape index (κ1) is 12.5. The van der Waals surface area contributed by atoms with E-state index in [4.69, 9.17) is 9.84 Å². The highest BCUT2D eigenvalue weighted by Gasteiger charge is 2.00. The zero-order valence-electron chi connectivity index (χ0n) is 8.70. The molecule has 15 heavy (non-hydrogen) atoms. The van der Waals surface area contributed by atoms with Gasteiger partial charge in [0.25, 0.3) is 0 Å². The van der Waals surface area contributed by atoms with Crippen molar-refractivity contribution in [2.75, 3.05) is 19.5 Å². The number of hydrogen-bond donors (Lipinski definition) is 1. The lowest BCUT2D eigenvalue weighted by Crippen LogP contribution is -1.91. The minimum Gasteiger partial charge on any atom is -0.392 e.